The summed E-state index contributed by atoms with van der Waals surface area (Å²) >= 11 is 7.43. The molecular formula is C16H18ClNOS. The molecule has 0 aliphatic heterocycles. The number of halogens is 1. The van der Waals surface area contributed by atoms with Crippen LogP contribution in [0.3, 0.4) is 0 Å². The monoisotopic (exact) mass is 307 g/mol. The van der Waals surface area contributed by atoms with Gasteiger partial charge in [0.05, 0.1) is 4.34 Å². The molecule has 0 bridgehead atoms. The first-order valence-electron chi connectivity index (χ1n) is 6.55. The van der Waals surface area contributed by atoms with Crippen molar-refractivity contribution in [2.75, 3.05) is 11.9 Å². The summed E-state index contributed by atoms with van der Waals surface area (Å²) in [7, 11) is 1.84. The Kier molecular flexibility index (Phi) is 4.84. The molecule has 2 aromatic rings. The van der Waals surface area contributed by atoms with Crippen LogP contribution in [-0.4, -0.2) is 13.0 Å². The molecule has 2 nitrogen and oxygen atoms in total. The van der Waals surface area contributed by atoms with Gasteiger partial charge in [0.25, 0.3) is 0 Å². The van der Waals surface area contributed by atoms with Gasteiger partial charge in [0, 0.05) is 24.0 Å². The second kappa shape index (κ2) is 6.42. The number of anilines is 1. The average Bonchev–Trinajstić information content (AvgIpc) is 2.83. The molecule has 1 heterocycles. The van der Waals surface area contributed by atoms with Gasteiger partial charge in [-0.15, -0.1) is 11.3 Å². The van der Waals surface area contributed by atoms with E-state index in [1.54, 1.807) is 4.90 Å². The quantitative estimate of drug-likeness (QED) is 0.807. The molecule has 4 heteroatoms. The number of carbonyl (C=O) groups excluding carboxylic acids is 1. The highest BCUT2D eigenvalue weighted by Crippen LogP contribution is 2.24. The third-order valence-corrected chi connectivity index (χ3v) is 4.61. The fourth-order valence-corrected chi connectivity index (χ4v) is 3.19. The Labute approximate surface area is 129 Å². The van der Waals surface area contributed by atoms with Gasteiger partial charge in [-0.25, -0.2) is 0 Å². The highest BCUT2D eigenvalue weighted by Gasteiger charge is 2.13. The van der Waals surface area contributed by atoms with Crippen LogP contribution < -0.4 is 4.90 Å². The fraction of sp³-hybridized carbons (Fsp3) is 0.312. The summed E-state index contributed by atoms with van der Waals surface area (Å²) in [5.74, 6) is 0.128. The van der Waals surface area contributed by atoms with Crippen LogP contribution >= 0.6 is 22.9 Å². The Bertz CT molecular complexity index is 621. The number of hydrogen-bond acceptors (Lipinski definition) is 2. The van der Waals surface area contributed by atoms with Crippen molar-refractivity contribution in [1.29, 1.82) is 0 Å². The van der Waals surface area contributed by atoms with Crippen LogP contribution in [0.5, 0.6) is 0 Å². The standard InChI is InChI=1S/C16H18ClNOS/c1-11-4-5-12(2)14(10-11)18(3)16(19)9-7-13-6-8-15(17)20-13/h4-6,8,10H,7,9H2,1-3H3. The lowest BCUT2D eigenvalue weighted by Crippen LogP contribution is -2.27. The second-order valence-corrected chi connectivity index (χ2v) is 6.75. The molecule has 1 aromatic carbocycles. The second-order valence-electron chi connectivity index (χ2n) is 4.95. The van der Waals surface area contributed by atoms with Gasteiger partial charge in [-0.3, -0.25) is 4.79 Å². The number of aryl methyl sites for hydroxylation is 3. The highest BCUT2D eigenvalue weighted by atomic mass is 35.5. The molecule has 0 saturated heterocycles. The van der Waals surface area contributed by atoms with Crippen LogP contribution in [0.2, 0.25) is 4.34 Å². The van der Waals surface area contributed by atoms with Crippen LogP contribution in [0.1, 0.15) is 22.4 Å². The third-order valence-electron chi connectivity index (χ3n) is 3.31. The molecule has 0 atom stereocenters. The van der Waals surface area contributed by atoms with Gasteiger partial charge < -0.3 is 4.90 Å². The van der Waals surface area contributed by atoms with Crippen LogP contribution in [0.25, 0.3) is 0 Å². The van der Waals surface area contributed by atoms with E-state index in [0.717, 1.165) is 32.4 Å². The molecule has 106 valence electrons. The maximum Gasteiger partial charge on any atom is 0.227 e. The molecule has 1 amide bonds. The summed E-state index contributed by atoms with van der Waals surface area (Å²) in [6.45, 7) is 4.06. The van der Waals surface area contributed by atoms with Crippen molar-refractivity contribution < 1.29 is 4.79 Å². The van der Waals surface area contributed by atoms with Gasteiger partial charge >= 0.3 is 0 Å². The van der Waals surface area contributed by atoms with E-state index in [2.05, 4.69) is 12.1 Å². The van der Waals surface area contributed by atoms with Crippen molar-refractivity contribution >= 4 is 34.5 Å². The van der Waals surface area contributed by atoms with Crippen molar-refractivity contribution in [3.8, 4) is 0 Å². The van der Waals surface area contributed by atoms with E-state index in [1.807, 2.05) is 39.1 Å². The van der Waals surface area contributed by atoms with E-state index in [9.17, 15) is 4.79 Å². The minimum atomic E-state index is 0.128. The van der Waals surface area contributed by atoms with Gasteiger partial charge in [-0.1, -0.05) is 23.7 Å². The summed E-state index contributed by atoms with van der Waals surface area (Å²) in [5, 5.41) is 0. The Hall–Kier alpha value is -1.32. The first-order valence-corrected chi connectivity index (χ1v) is 7.75. The molecule has 0 aliphatic rings. The normalized spacial score (nSPS) is 10.6. The van der Waals surface area contributed by atoms with Crippen molar-refractivity contribution in [2.24, 2.45) is 0 Å². The van der Waals surface area contributed by atoms with Gasteiger partial charge in [0.2, 0.25) is 5.91 Å². The minimum absolute atomic E-state index is 0.128. The molecule has 0 unspecified atom stereocenters. The number of amides is 1. The molecule has 1 aromatic heterocycles. The van der Waals surface area contributed by atoms with E-state index in [1.165, 1.54) is 11.3 Å². The number of carbonyl (C=O) groups is 1. The van der Waals surface area contributed by atoms with E-state index in [0.29, 0.717) is 6.42 Å². The number of nitrogens with zero attached hydrogens (tertiary/aromatic N) is 1. The molecule has 0 spiro atoms. The SMILES string of the molecule is Cc1ccc(C)c(N(C)C(=O)CCc2ccc(Cl)s2)c1. The van der Waals surface area contributed by atoms with Crippen molar-refractivity contribution in [2.45, 2.75) is 26.7 Å². The number of thiophene rings is 1. The van der Waals surface area contributed by atoms with E-state index in [4.69, 9.17) is 11.6 Å². The zero-order chi connectivity index (χ0) is 14.7. The van der Waals surface area contributed by atoms with Gasteiger partial charge in [0.15, 0.2) is 0 Å². The summed E-state index contributed by atoms with van der Waals surface area (Å²) in [6, 6.07) is 10.0. The Morgan fingerprint density at radius 1 is 1.25 bits per heavy atom. The Morgan fingerprint density at radius 3 is 2.65 bits per heavy atom. The number of benzene rings is 1. The Balaban J connectivity index is 2.03. The summed E-state index contributed by atoms with van der Waals surface area (Å²) < 4.78 is 0.773. The predicted molar refractivity (Wildman–Crippen MR) is 87.0 cm³/mol. The van der Waals surface area contributed by atoms with E-state index in [-0.39, 0.29) is 5.91 Å². The molecule has 0 radical (unpaired) electrons. The highest BCUT2D eigenvalue weighted by molar-refractivity contribution is 7.16. The van der Waals surface area contributed by atoms with Crippen molar-refractivity contribution in [1.82, 2.24) is 0 Å². The lowest BCUT2D eigenvalue weighted by molar-refractivity contribution is -0.118. The zero-order valence-electron chi connectivity index (χ0n) is 11.9. The van der Waals surface area contributed by atoms with Crippen LogP contribution in [0.15, 0.2) is 30.3 Å². The van der Waals surface area contributed by atoms with Crippen LogP contribution in [0.4, 0.5) is 5.69 Å². The van der Waals surface area contributed by atoms with E-state index >= 15 is 0 Å². The lowest BCUT2D eigenvalue weighted by atomic mass is 10.1. The third kappa shape index (κ3) is 3.62. The topological polar surface area (TPSA) is 20.3 Å². The number of rotatable bonds is 4. The summed E-state index contributed by atoms with van der Waals surface area (Å²) in [4.78, 5) is 15.2. The molecule has 0 fully saturated rings. The zero-order valence-corrected chi connectivity index (χ0v) is 13.5. The molecule has 0 aliphatic carbocycles. The minimum Gasteiger partial charge on any atom is -0.315 e. The molecule has 0 N–H and O–H groups in total. The van der Waals surface area contributed by atoms with Crippen LogP contribution in [-0.2, 0) is 11.2 Å². The molecule has 0 saturated carbocycles. The smallest absolute Gasteiger partial charge is 0.227 e. The van der Waals surface area contributed by atoms with Crippen molar-refractivity contribution in [3.05, 3.63) is 50.7 Å². The lowest BCUT2D eigenvalue weighted by Gasteiger charge is -2.20. The van der Waals surface area contributed by atoms with Crippen molar-refractivity contribution in [3.63, 3.8) is 0 Å². The molecule has 2 rings (SSSR count). The van der Waals surface area contributed by atoms with Gasteiger partial charge in [-0.05, 0) is 49.6 Å². The summed E-state index contributed by atoms with van der Waals surface area (Å²) in [5.41, 5.74) is 3.26. The molecular weight excluding hydrogens is 290 g/mol. The van der Waals surface area contributed by atoms with Gasteiger partial charge in [-0.2, -0.15) is 0 Å². The maximum absolute atomic E-state index is 12.3. The van der Waals surface area contributed by atoms with Crippen LogP contribution in [0, 0.1) is 13.8 Å². The van der Waals surface area contributed by atoms with E-state index < -0.39 is 0 Å². The first kappa shape index (κ1) is 15.1. The fourth-order valence-electron chi connectivity index (χ4n) is 2.10. The maximum atomic E-state index is 12.3. The largest absolute Gasteiger partial charge is 0.315 e. The summed E-state index contributed by atoms with van der Waals surface area (Å²) in [6.07, 6.45) is 1.24. The first-order chi connectivity index (χ1) is 9.47. The van der Waals surface area contributed by atoms with Gasteiger partial charge in [0.1, 0.15) is 0 Å². The molecule has 20 heavy (non-hydrogen) atoms. The number of hydrogen-bond donors (Lipinski definition) is 0. The Morgan fingerprint density at radius 2 is 2.00 bits per heavy atom. The average molecular weight is 308 g/mol. The predicted octanol–water partition coefficient (Wildman–Crippen LogP) is 4.61.